The molecule has 3 atom stereocenters. The smallest absolute Gasteiger partial charge is 0.260 e. The predicted molar refractivity (Wildman–Crippen MR) is 86.4 cm³/mol. The fraction of sp³-hybridized carbons (Fsp3) is 0.588. The summed E-state index contributed by atoms with van der Waals surface area (Å²) in [6.07, 6.45) is 1.47. The quantitative estimate of drug-likeness (QED) is 0.811. The van der Waals surface area contributed by atoms with E-state index >= 15 is 0 Å². The second kappa shape index (κ2) is 8.03. The largest absolute Gasteiger partial charge is 0.481 e. The topological polar surface area (TPSA) is 64.3 Å². The van der Waals surface area contributed by atoms with Gasteiger partial charge in [-0.15, -0.1) is 0 Å². The van der Waals surface area contributed by atoms with Crippen molar-refractivity contribution in [2.75, 3.05) is 0 Å². The van der Waals surface area contributed by atoms with Crippen LogP contribution in [0.3, 0.4) is 0 Å². The van der Waals surface area contributed by atoms with Crippen LogP contribution in [0.5, 0.6) is 5.75 Å². The number of benzene rings is 1. The van der Waals surface area contributed by atoms with Gasteiger partial charge in [0.1, 0.15) is 5.75 Å². The van der Waals surface area contributed by atoms with Crippen LogP contribution in [0.2, 0.25) is 0 Å². The Kier molecular flexibility index (Phi) is 6.69. The van der Waals surface area contributed by atoms with Gasteiger partial charge in [-0.2, -0.15) is 0 Å². The summed E-state index contributed by atoms with van der Waals surface area (Å²) in [5, 5.41) is 2.97. The number of carbonyl (C=O) groups excluding carboxylic acids is 1. The monoisotopic (exact) mass is 292 g/mol. The molecular weight excluding hydrogens is 264 g/mol. The van der Waals surface area contributed by atoms with Gasteiger partial charge < -0.3 is 15.8 Å². The maximum absolute atomic E-state index is 12.1. The van der Waals surface area contributed by atoms with Gasteiger partial charge >= 0.3 is 0 Å². The highest BCUT2D eigenvalue weighted by Crippen LogP contribution is 2.26. The van der Waals surface area contributed by atoms with E-state index in [2.05, 4.69) is 12.2 Å². The lowest BCUT2D eigenvalue weighted by Gasteiger charge is -2.21. The van der Waals surface area contributed by atoms with Crippen LogP contribution in [-0.2, 0) is 4.79 Å². The third-order valence-electron chi connectivity index (χ3n) is 3.44. The van der Waals surface area contributed by atoms with Crippen molar-refractivity contribution in [2.24, 2.45) is 5.73 Å². The Hall–Kier alpha value is -1.55. The molecule has 2 unspecified atom stereocenters. The summed E-state index contributed by atoms with van der Waals surface area (Å²) < 4.78 is 5.84. The second-order valence-electron chi connectivity index (χ2n) is 5.79. The maximum Gasteiger partial charge on any atom is 0.260 e. The number of ether oxygens (including phenoxy) is 1. The summed E-state index contributed by atoms with van der Waals surface area (Å²) in [6, 6.07) is 5.92. The van der Waals surface area contributed by atoms with Crippen LogP contribution >= 0.6 is 0 Å². The average Bonchev–Trinajstić information content (AvgIpc) is 2.38. The first-order valence-electron chi connectivity index (χ1n) is 7.68. The number of nitrogens with two attached hydrogens (primary N) is 1. The van der Waals surface area contributed by atoms with Crippen LogP contribution in [0, 0.1) is 6.92 Å². The lowest BCUT2D eigenvalue weighted by atomic mass is 10.1. The van der Waals surface area contributed by atoms with Gasteiger partial charge in [0.25, 0.3) is 5.91 Å². The van der Waals surface area contributed by atoms with Gasteiger partial charge in [0, 0.05) is 17.6 Å². The highest BCUT2D eigenvalue weighted by atomic mass is 16.5. The van der Waals surface area contributed by atoms with Gasteiger partial charge in [-0.3, -0.25) is 4.79 Å². The maximum atomic E-state index is 12.1. The molecular formula is C17H28N2O2. The van der Waals surface area contributed by atoms with E-state index in [0.29, 0.717) is 5.75 Å². The summed E-state index contributed by atoms with van der Waals surface area (Å²) in [5.74, 6) is 0.601. The van der Waals surface area contributed by atoms with Crippen molar-refractivity contribution in [1.29, 1.82) is 0 Å². The minimum absolute atomic E-state index is 0.0897. The fourth-order valence-electron chi connectivity index (χ4n) is 2.23. The molecule has 4 heteroatoms. The Bertz CT molecular complexity index is 472. The van der Waals surface area contributed by atoms with E-state index < -0.39 is 6.10 Å². The van der Waals surface area contributed by atoms with E-state index in [1.807, 2.05) is 39.0 Å². The van der Waals surface area contributed by atoms with E-state index in [1.165, 1.54) is 0 Å². The lowest BCUT2D eigenvalue weighted by molar-refractivity contribution is -0.127. The molecule has 1 aromatic carbocycles. The summed E-state index contributed by atoms with van der Waals surface area (Å²) >= 11 is 0. The molecule has 4 nitrogen and oxygen atoms in total. The number of carbonyl (C=O) groups is 1. The molecule has 118 valence electrons. The Morgan fingerprint density at radius 1 is 1.33 bits per heavy atom. The molecule has 0 heterocycles. The molecule has 0 saturated heterocycles. The Balaban J connectivity index is 2.76. The van der Waals surface area contributed by atoms with Gasteiger partial charge in [-0.25, -0.2) is 0 Å². The third-order valence-corrected chi connectivity index (χ3v) is 3.44. The zero-order valence-corrected chi connectivity index (χ0v) is 13.8. The molecule has 3 N–H and O–H groups in total. The molecule has 1 amide bonds. The van der Waals surface area contributed by atoms with E-state index in [-0.39, 0.29) is 18.0 Å². The molecule has 0 spiro atoms. The molecule has 0 fully saturated rings. The van der Waals surface area contributed by atoms with Gasteiger partial charge in [0.2, 0.25) is 0 Å². The highest BCUT2D eigenvalue weighted by molar-refractivity contribution is 5.81. The van der Waals surface area contributed by atoms with Crippen LogP contribution in [0.4, 0.5) is 0 Å². The molecule has 0 aliphatic carbocycles. The number of aryl methyl sites for hydroxylation is 1. The van der Waals surface area contributed by atoms with Crippen LogP contribution in [0.25, 0.3) is 0 Å². The van der Waals surface area contributed by atoms with Gasteiger partial charge in [-0.1, -0.05) is 25.5 Å². The van der Waals surface area contributed by atoms with Gasteiger partial charge in [0.05, 0.1) is 0 Å². The van der Waals surface area contributed by atoms with Crippen molar-refractivity contribution in [3.8, 4) is 5.75 Å². The first-order valence-corrected chi connectivity index (χ1v) is 7.68. The number of hydrogen-bond donors (Lipinski definition) is 2. The van der Waals surface area contributed by atoms with Crippen molar-refractivity contribution >= 4 is 5.91 Å². The van der Waals surface area contributed by atoms with Crippen molar-refractivity contribution in [1.82, 2.24) is 5.32 Å². The predicted octanol–water partition coefficient (Wildman–Crippen LogP) is 3.09. The Morgan fingerprint density at radius 3 is 2.57 bits per heavy atom. The molecule has 1 aromatic rings. The van der Waals surface area contributed by atoms with Crippen LogP contribution in [0.15, 0.2) is 18.2 Å². The number of rotatable bonds is 7. The van der Waals surface area contributed by atoms with Crippen LogP contribution in [-0.4, -0.2) is 18.1 Å². The molecule has 0 radical (unpaired) electrons. The molecule has 0 aliphatic rings. The number of hydrogen-bond acceptors (Lipinski definition) is 3. The van der Waals surface area contributed by atoms with Crippen molar-refractivity contribution < 1.29 is 9.53 Å². The molecule has 0 bridgehead atoms. The Labute approximate surface area is 128 Å². The lowest BCUT2D eigenvalue weighted by Crippen LogP contribution is -2.41. The van der Waals surface area contributed by atoms with E-state index in [9.17, 15) is 4.79 Å². The number of amides is 1. The molecule has 0 saturated carbocycles. The minimum atomic E-state index is -0.538. The SMILES string of the molecule is CCCC(C)NC(=O)C(C)Oc1cc(C)ccc1[C@H](C)N. The Morgan fingerprint density at radius 2 is 2.00 bits per heavy atom. The average molecular weight is 292 g/mol. The molecule has 0 aromatic heterocycles. The van der Waals surface area contributed by atoms with Crippen molar-refractivity contribution in [2.45, 2.75) is 65.6 Å². The highest BCUT2D eigenvalue weighted by Gasteiger charge is 2.19. The van der Waals surface area contributed by atoms with Crippen molar-refractivity contribution in [3.63, 3.8) is 0 Å². The summed E-state index contributed by atoms with van der Waals surface area (Å²) in [6.45, 7) is 9.77. The zero-order valence-electron chi connectivity index (χ0n) is 13.8. The summed E-state index contributed by atoms with van der Waals surface area (Å²) in [4.78, 5) is 12.1. The summed E-state index contributed by atoms with van der Waals surface area (Å²) in [7, 11) is 0. The first-order chi connectivity index (χ1) is 9.85. The van der Waals surface area contributed by atoms with E-state index in [1.54, 1.807) is 6.92 Å². The van der Waals surface area contributed by atoms with Gasteiger partial charge in [-0.05, 0) is 45.7 Å². The normalized spacial score (nSPS) is 15.1. The molecule has 1 rings (SSSR count). The van der Waals surface area contributed by atoms with E-state index in [0.717, 1.165) is 24.0 Å². The van der Waals surface area contributed by atoms with Crippen LogP contribution in [0.1, 0.15) is 57.7 Å². The minimum Gasteiger partial charge on any atom is -0.481 e. The molecule has 0 aliphatic heterocycles. The second-order valence-corrected chi connectivity index (χ2v) is 5.79. The number of nitrogens with one attached hydrogen (secondary N) is 1. The molecule has 21 heavy (non-hydrogen) atoms. The first kappa shape index (κ1) is 17.5. The van der Waals surface area contributed by atoms with Crippen molar-refractivity contribution in [3.05, 3.63) is 29.3 Å². The third kappa shape index (κ3) is 5.38. The van der Waals surface area contributed by atoms with E-state index in [4.69, 9.17) is 10.5 Å². The summed E-state index contributed by atoms with van der Waals surface area (Å²) in [5.41, 5.74) is 7.96. The van der Waals surface area contributed by atoms with Gasteiger partial charge in [0.15, 0.2) is 6.10 Å². The standard InChI is InChI=1S/C17H28N2O2/c1-6-7-12(3)19-17(20)14(5)21-16-10-11(2)8-9-15(16)13(4)18/h8-10,12-14H,6-7,18H2,1-5H3,(H,19,20)/t12?,13-,14?/m0/s1. The fourth-order valence-corrected chi connectivity index (χ4v) is 2.23. The zero-order chi connectivity index (χ0) is 16.0. The van der Waals surface area contributed by atoms with Crippen LogP contribution < -0.4 is 15.8 Å².